The summed E-state index contributed by atoms with van der Waals surface area (Å²) in [7, 11) is 5.64. The lowest BCUT2D eigenvalue weighted by atomic mass is 10.0. The van der Waals surface area contributed by atoms with Crippen LogP contribution in [0.4, 0.5) is 0 Å². The number of carbonyl (C=O) groups excluding carboxylic acids is 4. The van der Waals surface area contributed by atoms with Crippen LogP contribution in [0.25, 0.3) is 0 Å². The highest BCUT2D eigenvalue weighted by Gasteiger charge is 2.29. The number of benzene rings is 1. The molecule has 0 unspecified atom stereocenters. The molecule has 0 saturated heterocycles. The van der Waals surface area contributed by atoms with E-state index in [4.69, 9.17) is 4.74 Å². The summed E-state index contributed by atoms with van der Waals surface area (Å²) in [6, 6.07) is 5.16. The fraction of sp³-hybridized carbons (Fsp3) is 0.615. The van der Waals surface area contributed by atoms with Gasteiger partial charge in [0.15, 0.2) is 0 Å². The SMILES string of the molecule is CC(C)[C@H]1NC(=O)CC[C@@H](C(=O)NCCCCN(C)C)NC(=O)c2ccccc2OCCN(C)C1=O. The first-order valence-electron chi connectivity index (χ1n) is 12.6. The first-order valence-corrected chi connectivity index (χ1v) is 12.6. The molecule has 2 rings (SSSR count). The number of hydrogen-bond acceptors (Lipinski definition) is 6. The molecule has 10 nitrogen and oxygen atoms in total. The van der Waals surface area contributed by atoms with Gasteiger partial charge in [-0.15, -0.1) is 0 Å². The molecule has 3 N–H and O–H groups in total. The van der Waals surface area contributed by atoms with Crippen molar-refractivity contribution >= 4 is 23.6 Å². The Balaban J connectivity index is 2.22. The molecule has 36 heavy (non-hydrogen) atoms. The van der Waals surface area contributed by atoms with E-state index in [1.165, 1.54) is 4.90 Å². The lowest BCUT2D eigenvalue weighted by Gasteiger charge is -2.27. The van der Waals surface area contributed by atoms with Crippen LogP contribution in [0, 0.1) is 5.92 Å². The Hall–Kier alpha value is -3.14. The van der Waals surface area contributed by atoms with Crippen LogP contribution < -0.4 is 20.7 Å². The third-order valence-corrected chi connectivity index (χ3v) is 6.05. The molecule has 10 heteroatoms. The molecule has 4 amide bonds. The van der Waals surface area contributed by atoms with Gasteiger partial charge in [-0.2, -0.15) is 0 Å². The van der Waals surface area contributed by atoms with E-state index in [1.54, 1.807) is 31.3 Å². The van der Waals surface area contributed by atoms with Crippen molar-refractivity contribution in [3.05, 3.63) is 29.8 Å². The number of nitrogens with one attached hydrogen (secondary N) is 3. The van der Waals surface area contributed by atoms with Gasteiger partial charge in [-0.1, -0.05) is 26.0 Å². The number of nitrogens with zero attached hydrogens (tertiary/aromatic N) is 2. The highest BCUT2D eigenvalue weighted by atomic mass is 16.5. The van der Waals surface area contributed by atoms with Crippen LogP contribution in [-0.2, 0) is 14.4 Å². The van der Waals surface area contributed by atoms with Gasteiger partial charge in [-0.3, -0.25) is 19.2 Å². The summed E-state index contributed by atoms with van der Waals surface area (Å²) in [4.78, 5) is 55.4. The van der Waals surface area contributed by atoms with E-state index < -0.39 is 18.0 Å². The quantitative estimate of drug-likeness (QED) is 0.478. The molecular formula is C26H41N5O5. The average Bonchev–Trinajstić information content (AvgIpc) is 2.83. The van der Waals surface area contributed by atoms with E-state index in [2.05, 4.69) is 20.9 Å². The van der Waals surface area contributed by atoms with Crippen LogP contribution in [0.15, 0.2) is 24.3 Å². The van der Waals surface area contributed by atoms with E-state index >= 15 is 0 Å². The molecule has 1 aromatic rings. The van der Waals surface area contributed by atoms with Crippen molar-refractivity contribution in [1.29, 1.82) is 0 Å². The number of ether oxygens (including phenoxy) is 1. The van der Waals surface area contributed by atoms with Crippen LogP contribution >= 0.6 is 0 Å². The zero-order chi connectivity index (χ0) is 26.7. The molecule has 1 heterocycles. The van der Waals surface area contributed by atoms with E-state index in [-0.39, 0.29) is 55.2 Å². The zero-order valence-electron chi connectivity index (χ0n) is 22.1. The normalized spacial score (nSPS) is 20.1. The lowest BCUT2D eigenvalue weighted by Crippen LogP contribution is -2.51. The maximum Gasteiger partial charge on any atom is 0.255 e. The summed E-state index contributed by atoms with van der Waals surface area (Å²) < 4.78 is 5.83. The van der Waals surface area contributed by atoms with E-state index in [0.717, 1.165) is 19.4 Å². The predicted octanol–water partition coefficient (Wildman–Crippen LogP) is 1.01. The van der Waals surface area contributed by atoms with Crippen molar-refractivity contribution in [2.45, 2.75) is 51.6 Å². The van der Waals surface area contributed by atoms with Gasteiger partial charge in [0.25, 0.3) is 5.91 Å². The fourth-order valence-corrected chi connectivity index (χ4v) is 3.85. The van der Waals surface area contributed by atoms with E-state index in [0.29, 0.717) is 12.3 Å². The minimum Gasteiger partial charge on any atom is -0.491 e. The van der Waals surface area contributed by atoms with Gasteiger partial charge in [-0.25, -0.2) is 0 Å². The molecular weight excluding hydrogens is 462 g/mol. The topological polar surface area (TPSA) is 120 Å². The third kappa shape index (κ3) is 9.14. The van der Waals surface area contributed by atoms with Gasteiger partial charge < -0.3 is 30.5 Å². The van der Waals surface area contributed by atoms with Crippen molar-refractivity contribution in [3.8, 4) is 5.75 Å². The van der Waals surface area contributed by atoms with Gasteiger partial charge >= 0.3 is 0 Å². The molecule has 2 atom stereocenters. The van der Waals surface area contributed by atoms with Crippen molar-refractivity contribution in [2.75, 3.05) is 47.4 Å². The molecule has 0 aliphatic carbocycles. The molecule has 0 spiro atoms. The second-order valence-corrected chi connectivity index (χ2v) is 9.76. The summed E-state index contributed by atoms with van der Waals surface area (Å²) in [5.74, 6) is -1.13. The molecule has 0 aromatic heterocycles. The Labute approximate surface area is 214 Å². The monoisotopic (exact) mass is 503 g/mol. The van der Waals surface area contributed by atoms with Crippen LogP contribution in [0.2, 0.25) is 0 Å². The highest BCUT2D eigenvalue weighted by molar-refractivity contribution is 5.99. The van der Waals surface area contributed by atoms with Crippen molar-refractivity contribution in [2.24, 2.45) is 5.92 Å². The Bertz CT molecular complexity index is 904. The molecule has 0 radical (unpaired) electrons. The number of likely N-dealkylation sites (N-methyl/N-ethyl adjacent to an activating group) is 1. The highest BCUT2D eigenvalue weighted by Crippen LogP contribution is 2.19. The molecule has 200 valence electrons. The lowest BCUT2D eigenvalue weighted by molar-refractivity contribution is -0.137. The molecule has 1 aromatic carbocycles. The first kappa shape index (κ1) is 29.1. The Morgan fingerprint density at radius 2 is 1.89 bits per heavy atom. The fourth-order valence-electron chi connectivity index (χ4n) is 3.85. The number of unbranched alkanes of at least 4 members (excludes halogenated alkanes) is 1. The Morgan fingerprint density at radius 3 is 2.58 bits per heavy atom. The predicted molar refractivity (Wildman–Crippen MR) is 138 cm³/mol. The van der Waals surface area contributed by atoms with Crippen molar-refractivity contribution in [3.63, 3.8) is 0 Å². The Morgan fingerprint density at radius 1 is 1.17 bits per heavy atom. The smallest absolute Gasteiger partial charge is 0.255 e. The van der Waals surface area contributed by atoms with Crippen LogP contribution in [0.5, 0.6) is 5.75 Å². The number of carbonyl (C=O) groups is 4. The minimum atomic E-state index is -0.911. The molecule has 1 aliphatic rings. The van der Waals surface area contributed by atoms with Gasteiger partial charge in [-0.05, 0) is 58.0 Å². The maximum absolute atomic E-state index is 13.1. The van der Waals surface area contributed by atoms with Gasteiger partial charge in [0, 0.05) is 20.0 Å². The second-order valence-electron chi connectivity index (χ2n) is 9.76. The van der Waals surface area contributed by atoms with E-state index in [9.17, 15) is 19.2 Å². The number of fused-ring (bicyclic) bond motifs is 1. The number of rotatable bonds is 7. The Kier molecular flexibility index (Phi) is 11.7. The average molecular weight is 504 g/mol. The zero-order valence-corrected chi connectivity index (χ0v) is 22.1. The van der Waals surface area contributed by atoms with E-state index in [1.807, 2.05) is 27.9 Å². The maximum atomic E-state index is 13.1. The number of hydrogen-bond donors (Lipinski definition) is 3. The number of para-hydroxylation sites is 1. The number of amides is 4. The largest absolute Gasteiger partial charge is 0.491 e. The second kappa shape index (κ2) is 14.4. The summed E-state index contributed by atoms with van der Waals surface area (Å²) in [5.41, 5.74) is 0.287. The summed E-state index contributed by atoms with van der Waals surface area (Å²) in [6.07, 6.45) is 1.81. The van der Waals surface area contributed by atoms with Crippen LogP contribution in [0.1, 0.15) is 49.9 Å². The first-order chi connectivity index (χ1) is 17.1. The molecule has 1 aliphatic heterocycles. The van der Waals surface area contributed by atoms with Crippen LogP contribution in [-0.4, -0.2) is 92.9 Å². The van der Waals surface area contributed by atoms with Gasteiger partial charge in [0.05, 0.1) is 12.1 Å². The minimum absolute atomic E-state index is 0.0165. The summed E-state index contributed by atoms with van der Waals surface area (Å²) in [6.45, 7) is 5.57. The summed E-state index contributed by atoms with van der Waals surface area (Å²) >= 11 is 0. The molecule has 0 fully saturated rings. The van der Waals surface area contributed by atoms with Gasteiger partial charge in [0.1, 0.15) is 24.4 Å². The standard InChI is InChI=1S/C26H41N5O5/c1-18(2)23-26(35)31(5)16-17-36-21-11-7-6-10-19(21)24(33)28-20(12-13-22(32)29-23)25(34)27-14-8-9-15-30(3)4/h6-7,10-11,18,20,23H,8-9,12-17H2,1-5H3,(H,27,34)(H,28,33)(H,29,32)/t20-,23+/m0/s1. The van der Waals surface area contributed by atoms with Crippen LogP contribution in [0.3, 0.4) is 0 Å². The summed E-state index contributed by atoms with van der Waals surface area (Å²) in [5, 5.41) is 8.46. The third-order valence-electron chi connectivity index (χ3n) is 6.05. The molecule has 0 bridgehead atoms. The molecule has 0 saturated carbocycles. The van der Waals surface area contributed by atoms with Gasteiger partial charge in [0.2, 0.25) is 17.7 Å². The van der Waals surface area contributed by atoms with Crippen molar-refractivity contribution < 1.29 is 23.9 Å². The van der Waals surface area contributed by atoms with Crippen molar-refractivity contribution in [1.82, 2.24) is 25.8 Å².